The molecule has 3 aromatic rings. The highest BCUT2D eigenvalue weighted by Crippen LogP contribution is 2.26. The topological polar surface area (TPSA) is 96.3 Å². The lowest BCUT2D eigenvalue weighted by Gasteiger charge is -2.26. The SMILES string of the molecule is COc1cccc(CN(Cc2cccc(OC)c2)c2cccc(/C(O)=C/C(=O)C(=O)O)c2)c1. The van der Waals surface area contributed by atoms with Crippen molar-refractivity contribution in [3.63, 3.8) is 0 Å². The first-order chi connectivity index (χ1) is 15.9. The summed E-state index contributed by atoms with van der Waals surface area (Å²) in [6.45, 7) is 1.08. The molecule has 0 heterocycles. The molecular formula is C26H25NO6. The van der Waals surface area contributed by atoms with Crippen LogP contribution in [0.1, 0.15) is 16.7 Å². The summed E-state index contributed by atoms with van der Waals surface area (Å²) in [5.74, 6) is -1.74. The van der Waals surface area contributed by atoms with E-state index in [1.165, 1.54) is 0 Å². The molecular weight excluding hydrogens is 422 g/mol. The van der Waals surface area contributed by atoms with Crippen molar-refractivity contribution in [2.24, 2.45) is 0 Å². The maximum absolute atomic E-state index is 11.5. The number of carbonyl (C=O) groups is 2. The molecule has 0 saturated heterocycles. The average Bonchev–Trinajstić information content (AvgIpc) is 2.83. The van der Waals surface area contributed by atoms with E-state index in [-0.39, 0.29) is 0 Å². The lowest BCUT2D eigenvalue weighted by molar-refractivity contribution is -0.146. The molecule has 0 aromatic heterocycles. The second kappa shape index (κ2) is 10.9. The van der Waals surface area contributed by atoms with Crippen molar-refractivity contribution in [3.8, 4) is 11.5 Å². The van der Waals surface area contributed by atoms with Crippen molar-refractivity contribution in [2.75, 3.05) is 19.1 Å². The molecule has 0 saturated carbocycles. The number of hydrogen-bond donors (Lipinski definition) is 2. The fraction of sp³-hybridized carbons (Fsp3) is 0.154. The maximum Gasteiger partial charge on any atom is 0.376 e. The van der Waals surface area contributed by atoms with Crippen LogP contribution < -0.4 is 14.4 Å². The summed E-state index contributed by atoms with van der Waals surface area (Å²) in [5.41, 5.74) is 3.15. The van der Waals surface area contributed by atoms with E-state index in [2.05, 4.69) is 4.90 Å². The number of methoxy groups -OCH3 is 2. The third-order valence-electron chi connectivity index (χ3n) is 5.00. The van der Waals surface area contributed by atoms with Gasteiger partial charge in [-0.3, -0.25) is 4.79 Å². The highest BCUT2D eigenvalue weighted by molar-refractivity contribution is 6.38. The van der Waals surface area contributed by atoms with Gasteiger partial charge in [-0.1, -0.05) is 36.4 Å². The summed E-state index contributed by atoms with van der Waals surface area (Å²) in [6, 6.07) is 22.4. The number of ketones is 1. The van der Waals surface area contributed by atoms with Crippen molar-refractivity contribution in [2.45, 2.75) is 13.1 Å². The van der Waals surface area contributed by atoms with Crippen LogP contribution in [0.25, 0.3) is 5.76 Å². The van der Waals surface area contributed by atoms with E-state index in [0.29, 0.717) is 24.7 Å². The minimum atomic E-state index is -1.63. The Morgan fingerprint density at radius 2 is 1.36 bits per heavy atom. The molecule has 2 N–H and O–H groups in total. The molecule has 7 nitrogen and oxygen atoms in total. The van der Waals surface area contributed by atoms with Crippen LogP contribution in [0.2, 0.25) is 0 Å². The molecule has 170 valence electrons. The molecule has 0 radical (unpaired) electrons. The summed E-state index contributed by atoms with van der Waals surface area (Å²) >= 11 is 0. The van der Waals surface area contributed by atoms with Crippen LogP contribution in [0.4, 0.5) is 5.69 Å². The van der Waals surface area contributed by atoms with Crippen molar-refractivity contribution in [1.29, 1.82) is 0 Å². The molecule has 33 heavy (non-hydrogen) atoms. The number of anilines is 1. The van der Waals surface area contributed by atoms with E-state index in [0.717, 1.165) is 28.3 Å². The highest BCUT2D eigenvalue weighted by atomic mass is 16.5. The Hall–Kier alpha value is -4.26. The Morgan fingerprint density at radius 3 is 1.88 bits per heavy atom. The first-order valence-electron chi connectivity index (χ1n) is 10.2. The Kier molecular flexibility index (Phi) is 7.70. The number of benzene rings is 3. The molecule has 0 aliphatic heterocycles. The van der Waals surface area contributed by atoms with Gasteiger partial charge in [-0.15, -0.1) is 0 Å². The highest BCUT2D eigenvalue weighted by Gasteiger charge is 2.14. The smallest absolute Gasteiger partial charge is 0.376 e. The van der Waals surface area contributed by atoms with Crippen LogP contribution in [0.5, 0.6) is 11.5 Å². The summed E-state index contributed by atoms with van der Waals surface area (Å²) in [4.78, 5) is 24.4. The third kappa shape index (κ3) is 6.36. The van der Waals surface area contributed by atoms with Crippen LogP contribution >= 0.6 is 0 Å². The lowest BCUT2D eigenvalue weighted by atomic mass is 10.1. The molecule has 7 heteroatoms. The van der Waals surface area contributed by atoms with Gasteiger partial charge in [0.1, 0.15) is 17.3 Å². The van der Waals surface area contributed by atoms with Gasteiger partial charge >= 0.3 is 5.97 Å². The van der Waals surface area contributed by atoms with Crippen LogP contribution in [0, 0.1) is 0 Å². The first kappa shape index (κ1) is 23.4. The van der Waals surface area contributed by atoms with Gasteiger partial charge in [-0.05, 0) is 47.5 Å². The molecule has 0 spiro atoms. The molecule has 0 bridgehead atoms. The van der Waals surface area contributed by atoms with E-state index in [1.54, 1.807) is 32.4 Å². The molecule has 3 aromatic carbocycles. The van der Waals surface area contributed by atoms with Crippen molar-refractivity contribution < 1.29 is 29.3 Å². The number of carboxylic acids is 1. The zero-order valence-corrected chi connectivity index (χ0v) is 18.4. The van der Waals surface area contributed by atoms with Gasteiger partial charge in [-0.25, -0.2) is 4.79 Å². The molecule has 0 atom stereocenters. The normalized spacial score (nSPS) is 11.0. The van der Waals surface area contributed by atoms with Gasteiger partial charge in [0.05, 0.1) is 14.2 Å². The van der Waals surface area contributed by atoms with Gasteiger partial charge in [0, 0.05) is 30.4 Å². The molecule has 0 fully saturated rings. The van der Waals surface area contributed by atoms with Gasteiger partial charge in [-0.2, -0.15) is 0 Å². The number of ether oxygens (including phenoxy) is 2. The average molecular weight is 447 g/mol. The summed E-state index contributed by atoms with van der Waals surface area (Å²) in [5, 5.41) is 19.1. The minimum Gasteiger partial charge on any atom is -0.507 e. The predicted octanol–water partition coefficient (Wildman–Crippen LogP) is 4.46. The number of nitrogens with zero attached hydrogens (tertiary/aromatic N) is 1. The number of carbonyl (C=O) groups excluding carboxylic acids is 1. The Morgan fingerprint density at radius 1 is 0.818 bits per heavy atom. The Balaban J connectivity index is 1.97. The second-order valence-electron chi connectivity index (χ2n) is 7.31. The van der Waals surface area contributed by atoms with Gasteiger partial charge < -0.3 is 24.6 Å². The summed E-state index contributed by atoms with van der Waals surface area (Å²) < 4.78 is 10.7. The number of aliphatic hydroxyl groups is 1. The standard InChI is InChI=1S/C26H25NO6/c1-32-22-10-3-6-18(12-22)16-27(17-19-7-4-11-23(13-19)33-2)21-9-5-8-20(14-21)24(28)15-25(29)26(30)31/h3-15,28H,16-17H2,1-2H3,(H,30,31)/b24-15-. The van der Waals surface area contributed by atoms with Crippen molar-refractivity contribution >= 4 is 23.2 Å². The number of aliphatic carboxylic acids is 1. The van der Waals surface area contributed by atoms with Crippen LogP contribution in [-0.2, 0) is 22.7 Å². The fourth-order valence-electron chi connectivity index (χ4n) is 3.35. The van der Waals surface area contributed by atoms with E-state index in [1.807, 2.05) is 54.6 Å². The Labute approximate surface area is 192 Å². The molecule has 0 aliphatic rings. The molecule has 0 amide bonds. The number of rotatable bonds is 10. The third-order valence-corrected chi connectivity index (χ3v) is 5.00. The van der Waals surface area contributed by atoms with Crippen molar-refractivity contribution in [1.82, 2.24) is 0 Å². The summed E-state index contributed by atoms with van der Waals surface area (Å²) in [6.07, 6.45) is 0.704. The molecule has 3 rings (SSSR count). The lowest BCUT2D eigenvalue weighted by Crippen LogP contribution is -2.22. The minimum absolute atomic E-state index is 0.336. The number of aliphatic hydroxyl groups excluding tert-OH is 1. The van der Waals surface area contributed by atoms with E-state index < -0.39 is 17.5 Å². The monoisotopic (exact) mass is 447 g/mol. The quantitative estimate of drug-likeness (QED) is 0.269. The largest absolute Gasteiger partial charge is 0.507 e. The molecule has 0 unspecified atom stereocenters. The Bertz CT molecular complexity index is 1120. The van der Waals surface area contributed by atoms with Crippen molar-refractivity contribution in [3.05, 3.63) is 95.6 Å². The van der Waals surface area contributed by atoms with E-state index in [4.69, 9.17) is 14.6 Å². The fourth-order valence-corrected chi connectivity index (χ4v) is 3.35. The van der Waals surface area contributed by atoms with E-state index >= 15 is 0 Å². The molecule has 0 aliphatic carbocycles. The van der Waals surface area contributed by atoms with Crippen LogP contribution in [-0.4, -0.2) is 36.2 Å². The number of hydrogen-bond acceptors (Lipinski definition) is 6. The zero-order valence-electron chi connectivity index (χ0n) is 18.4. The van der Waals surface area contributed by atoms with Crippen LogP contribution in [0.3, 0.4) is 0 Å². The first-order valence-corrected chi connectivity index (χ1v) is 10.2. The van der Waals surface area contributed by atoms with Crippen LogP contribution in [0.15, 0.2) is 78.9 Å². The zero-order chi connectivity index (χ0) is 23.8. The van der Waals surface area contributed by atoms with Gasteiger partial charge in [0.25, 0.3) is 5.78 Å². The van der Waals surface area contributed by atoms with Gasteiger partial charge in [0.2, 0.25) is 0 Å². The number of carboxylic acid groups (broad SMARTS) is 1. The van der Waals surface area contributed by atoms with Gasteiger partial charge in [0.15, 0.2) is 0 Å². The predicted molar refractivity (Wildman–Crippen MR) is 126 cm³/mol. The second-order valence-corrected chi connectivity index (χ2v) is 7.31. The maximum atomic E-state index is 11.5. The summed E-state index contributed by atoms with van der Waals surface area (Å²) in [7, 11) is 3.23. The van der Waals surface area contributed by atoms with E-state index in [9.17, 15) is 14.7 Å².